The Morgan fingerprint density at radius 1 is 1.44 bits per heavy atom. The third kappa shape index (κ3) is 7.92. The Labute approximate surface area is 62.9 Å². The maximum atomic E-state index is 5.05. The number of hydrogen-bond donors (Lipinski definition) is 0. The molecule has 0 aromatic heterocycles. The zero-order valence-corrected chi connectivity index (χ0v) is 6.82. The highest BCUT2D eigenvalue weighted by Crippen LogP contribution is 1.73. The number of ether oxygens (including phenoxy) is 1. The number of halogens is 1. The first-order valence-corrected chi connectivity index (χ1v) is 2.94. The molecule has 0 aliphatic rings. The first kappa shape index (κ1) is 11.7. The van der Waals surface area contributed by atoms with Crippen LogP contribution in [0.2, 0.25) is 0 Å². The molecule has 0 spiro atoms. The molecule has 56 valence electrons. The average Bonchev–Trinajstić information content (AvgIpc) is 1.83. The quantitative estimate of drug-likeness (QED) is 0.251. The second-order valence-corrected chi connectivity index (χ2v) is 1.61. The SMILES string of the molecule is C=[N+](CC)COCC.[Cl-]. The molecular weight excluding hydrogens is 138 g/mol. The van der Waals surface area contributed by atoms with Crippen molar-refractivity contribution in [2.75, 3.05) is 19.9 Å². The summed E-state index contributed by atoms with van der Waals surface area (Å²) < 4.78 is 6.91. The molecule has 0 saturated carbocycles. The van der Waals surface area contributed by atoms with Crippen LogP contribution in [-0.2, 0) is 4.74 Å². The van der Waals surface area contributed by atoms with Gasteiger partial charge in [-0.1, -0.05) is 0 Å². The van der Waals surface area contributed by atoms with E-state index < -0.39 is 0 Å². The monoisotopic (exact) mass is 151 g/mol. The van der Waals surface area contributed by atoms with E-state index in [1.807, 2.05) is 18.4 Å². The smallest absolute Gasteiger partial charge is 0.246 e. The Balaban J connectivity index is 0. The molecule has 3 heteroatoms. The lowest BCUT2D eigenvalue weighted by atomic mass is 10.7. The molecule has 0 radical (unpaired) electrons. The predicted molar refractivity (Wildman–Crippen MR) is 34.4 cm³/mol. The molecule has 0 bridgehead atoms. The molecule has 0 heterocycles. The first-order chi connectivity index (χ1) is 3.81. The Hall–Kier alpha value is -0.0800. The molecule has 0 aromatic rings. The van der Waals surface area contributed by atoms with Gasteiger partial charge in [-0.3, -0.25) is 0 Å². The Kier molecular flexibility index (Phi) is 10.3. The Morgan fingerprint density at radius 3 is 2.33 bits per heavy atom. The van der Waals surface area contributed by atoms with E-state index in [4.69, 9.17) is 4.74 Å². The van der Waals surface area contributed by atoms with E-state index in [9.17, 15) is 0 Å². The van der Waals surface area contributed by atoms with Crippen molar-refractivity contribution in [2.24, 2.45) is 0 Å². The van der Waals surface area contributed by atoms with Crippen molar-refractivity contribution in [3.63, 3.8) is 0 Å². The number of rotatable bonds is 4. The summed E-state index contributed by atoms with van der Waals surface area (Å²) in [5, 5.41) is 0. The summed E-state index contributed by atoms with van der Waals surface area (Å²) in [6.07, 6.45) is 0. The molecule has 0 aliphatic carbocycles. The molecule has 0 unspecified atom stereocenters. The van der Waals surface area contributed by atoms with Crippen molar-refractivity contribution in [3.05, 3.63) is 0 Å². The van der Waals surface area contributed by atoms with Gasteiger partial charge in [0.2, 0.25) is 6.73 Å². The lowest BCUT2D eigenvalue weighted by Crippen LogP contribution is -3.00. The van der Waals surface area contributed by atoms with E-state index >= 15 is 0 Å². The third-order valence-electron chi connectivity index (χ3n) is 0.925. The van der Waals surface area contributed by atoms with Gasteiger partial charge in [0, 0.05) is 0 Å². The number of nitrogens with zero attached hydrogens (tertiary/aromatic N) is 1. The van der Waals surface area contributed by atoms with Crippen molar-refractivity contribution in [1.29, 1.82) is 0 Å². The van der Waals surface area contributed by atoms with E-state index in [0.717, 1.165) is 13.2 Å². The zero-order valence-electron chi connectivity index (χ0n) is 6.06. The summed E-state index contributed by atoms with van der Waals surface area (Å²) in [6, 6.07) is 0. The van der Waals surface area contributed by atoms with Gasteiger partial charge in [0.15, 0.2) is 0 Å². The van der Waals surface area contributed by atoms with Crippen LogP contribution in [0.4, 0.5) is 0 Å². The predicted octanol–water partition coefficient (Wildman–Crippen LogP) is -2.28. The summed E-state index contributed by atoms with van der Waals surface area (Å²) in [4.78, 5) is 0. The van der Waals surface area contributed by atoms with Gasteiger partial charge in [0.05, 0.1) is 6.61 Å². The van der Waals surface area contributed by atoms with E-state index in [2.05, 4.69) is 6.72 Å². The fourth-order valence-corrected chi connectivity index (χ4v) is 0.312. The fourth-order valence-electron chi connectivity index (χ4n) is 0.312. The van der Waals surface area contributed by atoms with Crippen LogP contribution in [-0.4, -0.2) is 31.2 Å². The van der Waals surface area contributed by atoms with Crippen LogP contribution in [0.1, 0.15) is 13.8 Å². The topological polar surface area (TPSA) is 12.2 Å². The van der Waals surface area contributed by atoms with E-state index in [-0.39, 0.29) is 12.4 Å². The average molecular weight is 152 g/mol. The van der Waals surface area contributed by atoms with Gasteiger partial charge in [0.1, 0.15) is 13.3 Å². The molecule has 0 amide bonds. The maximum Gasteiger partial charge on any atom is 0.246 e. The normalized spacial score (nSPS) is 8.22. The first-order valence-electron chi connectivity index (χ1n) is 2.94. The minimum Gasteiger partial charge on any atom is -1.00 e. The van der Waals surface area contributed by atoms with Crippen molar-refractivity contribution >= 4 is 6.72 Å². The van der Waals surface area contributed by atoms with Crippen LogP contribution >= 0.6 is 0 Å². The van der Waals surface area contributed by atoms with Crippen LogP contribution in [0.3, 0.4) is 0 Å². The maximum absolute atomic E-state index is 5.05. The van der Waals surface area contributed by atoms with E-state index in [0.29, 0.717) is 6.73 Å². The van der Waals surface area contributed by atoms with Gasteiger partial charge < -0.3 is 17.1 Å². The highest BCUT2D eigenvalue weighted by atomic mass is 35.5. The molecule has 0 aromatic carbocycles. The molecule has 0 N–H and O–H groups in total. The van der Waals surface area contributed by atoms with Crippen LogP contribution in [0, 0.1) is 0 Å². The Morgan fingerprint density at radius 2 is 2.00 bits per heavy atom. The molecule has 0 aliphatic heterocycles. The summed E-state index contributed by atoms with van der Waals surface area (Å²) in [6.45, 7) is 10.1. The van der Waals surface area contributed by atoms with E-state index in [1.165, 1.54) is 0 Å². The molecule has 0 rings (SSSR count). The largest absolute Gasteiger partial charge is 1.00 e. The third-order valence-corrected chi connectivity index (χ3v) is 0.925. The minimum atomic E-state index is 0. The lowest BCUT2D eigenvalue weighted by molar-refractivity contribution is -0.557. The molecule has 0 saturated heterocycles. The summed E-state index contributed by atoms with van der Waals surface area (Å²) >= 11 is 0. The lowest BCUT2D eigenvalue weighted by Gasteiger charge is -1.95. The summed E-state index contributed by atoms with van der Waals surface area (Å²) in [7, 11) is 0. The van der Waals surface area contributed by atoms with Crippen LogP contribution in [0.15, 0.2) is 0 Å². The molecular formula is C6H14ClNO. The highest BCUT2D eigenvalue weighted by molar-refractivity contribution is 5.14. The van der Waals surface area contributed by atoms with Crippen LogP contribution in [0.5, 0.6) is 0 Å². The van der Waals surface area contributed by atoms with Crippen molar-refractivity contribution in [2.45, 2.75) is 13.8 Å². The molecule has 9 heavy (non-hydrogen) atoms. The summed E-state index contributed by atoms with van der Waals surface area (Å²) in [5.41, 5.74) is 0. The van der Waals surface area contributed by atoms with Crippen LogP contribution in [0.25, 0.3) is 0 Å². The molecule has 0 atom stereocenters. The highest BCUT2D eigenvalue weighted by Gasteiger charge is 1.90. The molecule has 2 nitrogen and oxygen atoms in total. The van der Waals surface area contributed by atoms with Gasteiger partial charge in [-0.05, 0) is 13.8 Å². The minimum absolute atomic E-state index is 0. The van der Waals surface area contributed by atoms with Crippen molar-refractivity contribution < 1.29 is 21.7 Å². The van der Waals surface area contributed by atoms with Crippen molar-refractivity contribution in [3.8, 4) is 0 Å². The fraction of sp³-hybridized carbons (Fsp3) is 0.833. The van der Waals surface area contributed by atoms with Gasteiger partial charge in [-0.25, -0.2) is 4.58 Å². The number of hydrogen-bond acceptors (Lipinski definition) is 1. The van der Waals surface area contributed by atoms with Gasteiger partial charge in [-0.15, -0.1) is 0 Å². The zero-order chi connectivity index (χ0) is 6.41. The van der Waals surface area contributed by atoms with Gasteiger partial charge in [-0.2, -0.15) is 0 Å². The summed E-state index contributed by atoms with van der Waals surface area (Å²) in [5.74, 6) is 0. The van der Waals surface area contributed by atoms with E-state index in [1.54, 1.807) is 0 Å². The van der Waals surface area contributed by atoms with Gasteiger partial charge in [0.25, 0.3) is 0 Å². The van der Waals surface area contributed by atoms with Crippen molar-refractivity contribution in [1.82, 2.24) is 0 Å². The molecule has 0 fully saturated rings. The van der Waals surface area contributed by atoms with Crippen LogP contribution < -0.4 is 12.4 Å². The standard InChI is InChI=1S/C6H14NO.ClH/c1-4-7(3)6-8-5-2;/h3-6H2,1-2H3;1H/q+1;/p-1. The van der Waals surface area contributed by atoms with Gasteiger partial charge >= 0.3 is 0 Å². The Bertz CT molecular complexity index is 75.5. The second kappa shape index (κ2) is 7.92. The second-order valence-electron chi connectivity index (χ2n) is 1.61.